The van der Waals surface area contributed by atoms with Gasteiger partial charge in [0.15, 0.2) is 18.9 Å². The Morgan fingerprint density at radius 1 is 0.478 bits per heavy atom. The molecule has 17 unspecified atom stereocenters. The van der Waals surface area contributed by atoms with Crippen molar-refractivity contribution in [3.8, 4) is 0 Å². The van der Waals surface area contributed by atoms with E-state index in [4.69, 9.17) is 28.4 Å². The molecule has 0 aromatic carbocycles. The average molecular weight is 970 g/mol. The minimum absolute atomic E-state index is 0.245. The van der Waals surface area contributed by atoms with E-state index in [2.05, 4.69) is 19.2 Å². The van der Waals surface area contributed by atoms with Gasteiger partial charge in [0.05, 0.1) is 38.6 Å². The molecule has 67 heavy (non-hydrogen) atoms. The molecule has 0 saturated carbocycles. The van der Waals surface area contributed by atoms with Gasteiger partial charge in [-0.05, 0) is 12.8 Å². The fraction of sp³-hybridized carbons (Fsp3) is 0.979. The van der Waals surface area contributed by atoms with Crippen molar-refractivity contribution >= 4 is 5.91 Å². The van der Waals surface area contributed by atoms with Crippen molar-refractivity contribution in [1.29, 1.82) is 0 Å². The van der Waals surface area contributed by atoms with Gasteiger partial charge in [-0.15, -0.1) is 0 Å². The summed E-state index contributed by atoms with van der Waals surface area (Å²) < 4.78 is 34.1. The Bertz CT molecular complexity index is 1250. The predicted molar refractivity (Wildman–Crippen MR) is 245 cm³/mol. The van der Waals surface area contributed by atoms with Gasteiger partial charge >= 0.3 is 0 Å². The monoisotopic (exact) mass is 970 g/mol. The summed E-state index contributed by atoms with van der Waals surface area (Å²) in [7, 11) is 0. The predicted octanol–water partition coefficient (Wildman–Crippen LogP) is 1.70. The number of carbonyl (C=O) groups excluding carboxylic acids is 1. The summed E-state index contributed by atoms with van der Waals surface area (Å²) in [6.07, 6.45) is -0.644. The lowest BCUT2D eigenvalue weighted by Crippen LogP contribution is -2.66. The minimum Gasteiger partial charge on any atom is -0.394 e. The maximum absolute atomic E-state index is 13.2. The van der Waals surface area contributed by atoms with E-state index < -0.39 is 124 Å². The van der Waals surface area contributed by atoms with E-state index in [-0.39, 0.29) is 18.9 Å². The first kappa shape index (κ1) is 60.1. The quantitative estimate of drug-likeness (QED) is 0.0398. The first-order valence-corrected chi connectivity index (χ1v) is 25.8. The van der Waals surface area contributed by atoms with Crippen LogP contribution in [0.25, 0.3) is 0 Å². The van der Waals surface area contributed by atoms with Crippen LogP contribution in [0, 0.1) is 0 Å². The van der Waals surface area contributed by atoms with Gasteiger partial charge in [-0.2, -0.15) is 0 Å². The van der Waals surface area contributed by atoms with Gasteiger partial charge < -0.3 is 89.9 Å². The van der Waals surface area contributed by atoms with Gasteiger partial charge in [0.2, 0.25) is 5.91 Å². The van der Waals surface area contributed by atoms with Crippen molar-refractivity contribution in [1.82, 2.24) is 5.32 Å². The number of aliphatic hydroxyl groups is 11. The van der Waals surface area contributed by atoms with Crippen LogP contribution in [0.3, 0.4) is 0 Å². The number of hydrogen-bond acceptors (Lipinski definition) is 18. The van der Waals surface area contributed by atoms with E-state index in [1.165, 1.54) is 89.9 Å². The Balaban J connectivity index is 1.56. The Labute approximate surface area is 398 Å². The summed E-state index contributed by atoms with van der Waals surface area (Å²) >= 11 is 0. The Morgan fingerprint density at radius 2 is 0.851 bits per heavy atom. The van der Waals surface area contributed by atoms with Gasteiger partial charge in [0.25, 0.3) is 0 Å². The van der Waals surface area contributed by atoms with Gasteiger partial charge in [0.1, 0.15) is 73.2 Å². The molecule has 3 aliphatic rings. The zero-order chi connectivity index (χ0) is 49.1. The molecule has 0 aliphatic carbocycles. The fourth-order valence-electron chi connectivity index (χ4n) is 9.08. The first-order chi connectivity index (χ1) is 32.3. The number of ether oxygens (including phenoxy) is 6. The lowest BCUT2D eigenvalue weighted by molar-refractivity contribution is -0.379. The normalized spacial score (nSPS) is 33.4. The van der Waals surface area contributed by atoms with E-state index >= 15 is 0 Å². The highest BCUT2D eigenvalue weighted by Gasteiger charge is 2.53. The molecule has 3 aliphatic heterocycles. The summed E-state index contributed by atoms with van der Waals surface area (Å²) in [6.45, 7) is 1.73. The second-order valence-corrected chi connectivity index (χ2v) is 19.0. The number of nitrogens with one attached hydrogen (secondary N) is 1. The summed E-state index contributed by atoms with van der Waals surface area (Å²) in [5, 5.41) is 120. The molecule has 12 N–H and O–H groups in total. The lowest BCUT2D eigenvalue weighted by atomic mass is 9.96. The van der Waals surface area contributed by atoms with Crippen LogP contribution < -0.4 is 5.32 Å². The molecular weight excluding hydrogens is 879 g/mol. The Morgan fingerprint density at radius 3 is 1.30 bits per heavy atom. The summed E-state index contributed by atoms with van der Waals surface area (Å²) in [5.41, 5.74) is 0. The molecule has 17 atom stereocenters. The van der Waals surface area contributed by atoms with E-state index in [1.54, 1.807) is 0 Å². The molecule has 0 aromatic heterocycles. The topological polar surface area (TPSA) is 307 Å². The Hall–Kier alpha value is -1.21. The van der Waals surface area contributed by atoms with E-state index in [9.17, 15) is 61.0 Å². The fourth-order valence-corrected chi connectivity index (χ4v) is 9.08. The van der Waals surface area contributed by atoms with Crippen molar-refractivity contribution in [3.05, 3.63) is 0 Å². The number of hydrogen-bond donors (Lipinski definition) is 12. The van der Waals surface area contributed by atoms with E-state index in [0.717, 1.165) is 44.9 Å². The first-order valence-electron chi connectivity index (χ1n) is 25.8. The van der Waals surface area contributed by atoms with Crippen LogP contribution >= 0.6 is 0 Å². The van der Waals surface area contributed by atoms with Crippen LogP contribution in [0.1, 0.15) is 168 Å². The largest absolute Gasteiger partial charge is 0.394 e. The molecule has 0 radical (unpaired) electrons. The number of amides is 1. The molecule has 1 amide bonds. The third kappa shape index (κ3) is 20.4. The summed E-state index contributed by atoms with van der Waals surface area (Å²) in [5.74, 6) is -0.245. The van der Waals surface area contributed by atoms with Crippen LogP contribution in [0.5, 0.6) is 0 Å². The highest BCUT2D eigenvalue weighted by Crippen LogP contribution is 2.33. The van der Waals surface area contributed by atoms with Crippen molar-refractivity contribution in [3.63, 3.8) is 0 Å². The second-order valence-electron chi connectivity index (χ2n) is 19.0. The second kappa shape index (κ2) is 34.2. The minimum atomic E-state index is -1.97. The maximum Gasteiger partial charge on any atom is 0.220 e. The van der Waals surface area contributed by atoms with Crippen LogP contribution in [-0.2, 0) is 33.2 Å². The van der Waals surface area contributed by atoms with Crippen LogP contribution in [0.15, 0.2) is 0 Å². The number of unbranched alkanes of at least 4 members (excludes halogenated alkanes) is 20. The number of aliphatic hydroxyl groups excluding tert-OH is 11. The van der Waals surface area contributed by atoms with Gasteiger partial charge in [-0.25, -0.2) is 0 Å². The highest BCUT2D eigenvalue weighted by atomic mass is 16.8. The highest BCUT2D eigenvalue weighted by molar-refractivity contribution is 5.76. The van der Waals surface area contributed by atoms with Crippen LogP contribution in [-0.4, -0.2) is 193 Å². The van der Waals surface area contributed by atoms with Gasteiger partial charge in [0, 0.05) is 6.42 Å². The molecule has 3 heterocycles. The molecule has 19 heteroatoms. The molecule has 396 valence electrons. The van der Waals surface area contributed by atoms with Crippen molar-refractivity contribution in [2.24, 2.45) is 0 Å². The molecule has 0 bridgehead atoms. The van der Waals surface area contributed by atoms with Crippen LogP contribution in [0.4, 0.5) is 0 Å². The molecule has 0 aromatic rings. The molecule has 3 rings (SSSR count). The van der Waals surface area contributed by atoms with E-state index in [1.807, 2.05) is 0 Å². The standard InChI is InChI=1S/C48H91NO18/c1-3-5-7-9-11-13-15-16-18-20-22-24-26-36(54)49-31(32(53)25-23-21-19-17-14-12-10-8-6-4-2)30-62-46-42(60)39(57)44(34(28-51)64-46)67-48-43(61)40(58)45(35(29-52)65-48)66-47-41(59)38(56)37(55)33(27-50)63-47/h31-35,37-48,50-53,55-61H,3-30H2,1-2H3,(H,49,54). The summed E-state index contributed by atoms with van der Waals surface area (Å²) in [4.78, 5) is 13.2. The lowest BCUT2D eigenvalue weighted by Gasteiger charge is -2.48. The molecule has 3 saturated heterocycles. The van der Waals surface area contributed by atoms with E-state index in [0.29, 0.717) is 12.8 Å². The molecule has 19 nitrogen and oxygen atoms in total. The van der Waals surface area contributed by atoms with Gasteiger partial charge in [-0.3, -0.25) is 4.79 Å². The molecule has 3 fully saturated rings. The van der Waals surface area contributed by atoms with Crippen LogP contribution in [0.2, 0.25) is 0 Å². The maximum atomic E-state index is 13.2. The van der Waals surface area contributed by atoms with Crippen molar-refractivity contribution in [2.45, 2.75) is 272 Å². The third-order valence-electron chi connectivity index (χ3n) is 13.4. The molecular formula is C48H91NO18. The zero-order valence-corrected chi connectivity index (χ0v) is 40.4. The van der Waals surface area contributed by atoms with Crippen molar-refractivity contribution in [2.75, 3.05) is 26.4 Å². The number of rotatable bonds is 36. The smallest absolute Gasteiger partial charge is 0.220 e. The summed E-state index contributed by atoms with van der Waals surface area (Å²) in [6, 6.07) is -0.876. The van der Waals surface area contributed by atoms with Gasteiger partial charge in [-0.1, -0.05) is 149 Å². The Kier molecular flexibility index (Phi) is 30.7. The number of carbonyl (C=O) groups is 1. The molecule has 0 spiro atoms. The van der Waals surface area contributed by atoms with Crippen molar-refractivity contribution < 1.29 is 89.4 Å². The third-order valence-corrected chi connectivity index (χ3v) is 13.4. The average Bonchev–Trinajstić information content (AvgIpc) is 3.32. The SMILES string of the molecule is CCCCCCCCCCCCCCC(=O)NC(COC1OC(CO)C(OC2OC(CO)C(OC3OC(CO)C(O)C(O)C3O)C(O)C2O)C(O)C1O)C(O)CCCCCCCCCCCC. The zero-order valence-electron chi connectivity index (χ0n) is 40.4.